The van der Waals surface area contributed by atoms with Gasteiger partial charge in [-0.05, 0) is 55.1 Å². The lowest BCUT2D eigenvalue weighted by atomic mass is 9.86. The predicted octanol–water partition coefficient (Wildman–Crippen LogP) is 3.93. The van der Waals surface area contributed by atoms with Crippen LogP contribution >= 0.6 is 0 Å². The van der Waals surface area contributed by atoms with Crippen molar-refractivity contribution >= 4 is 11.7 Å². The van der Waals surface area contributed by atoms with Crippen LogP contribution in [0.25, 0.3) is 0 Å². The molecule has 0 aromatic heterocycles. The summed E-state index contributed by atoms with van der Waals surface area (Å²) in [6.45, 7) is 5.98. The first-order valence-corrected chi connectivity index (χ1v) is 11.8. The van der Waals surface area contributed by atoms with Crippen LogP contribution in [0.2, 0.25) is 0 Å². The van der Waals surface area contributed by atoms with E-state index in [0.29, 0.717) is 24.1 Å². The number of rotatable bonds is 7. The lowest BCUT2D eigenvalue weighted by Crippen LogP contribution is -2.56. The zero-order valence-corrected chi connectivity index (χ0v) is 19.3. The van der Waals surface area contributed by atoms with Crippen LogP contribution in [0.5, 0.6) is 0 Å². The lowest BCUT2D eigenvalue weighted by Gasteiger charge is -2.47. The molecule has 4 rings (SSSR count). The van der Waals surface area contributed by atoms with Gasteiger partial charge in [0.25, 0.3) is 0 Å². The third kappa shape index (κ3) is 6.09. The molecule has 2 heterocycles. The molecular formula is C26H33F2N3O2. The Hall–Kier alpha value is -2.51. The zero-order chi connectivity index (χ0) is 23.2. The zero-order valence-electron chi connectivity index (χ0n) is 19.3. The molecule has 2 aliphatic rings. The minimum absolute atomic E-state index is 0.170. The molecule has 0 radical (unpaired) electrons. The second-order valence-electron chi connectivity index (χ2n) is 9.07. The number of piperidine rings is 1. The van der Waals surface area contributed by atoms with Gasteiger partial charge in [0.15, 0.2) is 0 Å². The second kappa shape index (κ2) is 11.1. The number of likely N-dealkylation sites (tertiary alicyclic amines) is 1. The normalized spacial score (nSPS) is 22.3. The van der Waals surface area contributed by atoms with Crippen molar-refractivity contribution in [1.82, 2.24) is 9.80 Å². The molecule has 7 heteroatoms. The number of hydrogen-bond acceptors (Lipinski definition) is 5. The number of carbonyl (C=O) groups is 1. The van der Waals surface area contributed by atoms with E-state index in [1.165, 1.54) is 25.3 Å². The summed E-state index contributed by atoms with van der Waals surface area (Å²) >= 11 is 0. The first-order valence-electron chi connectivity index (χ1n) is 11.8. The maximum Gasteiger partial charge on any atom is 0.305 e. The van der Waals surface area contributed by atoms with Crippen molar-refractivity contribution in [1.29, 1.82) is 0 Å². The molecule has 2 fully saturated rings. The standard InChI is InChI=1S/C26H33F2N3O2/c1-33-26(32)11-8-21-19-29(18-20-6-9-22(27)10-7-20)13-12-24(21)30-14-16-31(17-15-30)25-5-3-2-4-23(25)28/h2-7,9-10,21,24H,8,11-19H2,1H3/t21-,24+/m0/s1. The van der Waals surface area contributed by atoms with Gasteiger partial charge in [-0.1, -0.05) is 24.3 Å². The number of methoxy groups -OCH3 is 1. The van der Waals surface area contributed by atoms with Crippen LogP contribution < -0.4 is 4.90 Å². The van der Waals surface area contributed by atoms with Crippen molar-refractivity contribution in [3.8, 4) is 0 Å². The van der Waals surface area contributed by atoms with E-state index in [-0.39, 0.29) is 17.6 Å². The minimum Gasteiger partial charge on any atom is -0.469 e. The number of para-hydroxylation sites is 1. The van der Waals surface area contributed by atoms with Crippen molar-refractivity contribution in [3.05, 3.63) is 65.7 Å². The summed E-state index contributed by atoms with van der Waals surface area (Å²) < 4.78 is 32.4. The summed E-state index contributed by atoms with van der Waals surface area (Å²) in [5.41, 5.74) is 1.77. The highest BCUT2D eigenvalue weighted by atomic mass is 19.1. The van der Waals surface area contributed by atoms with Crippen molar-refractivity contribution in [2.24, 2.45) is 5.92 Å². The monoisotopic (exact) mass is 457 g/mol. The number of benzene rings is 2. The number of carbonyl (C=O) groups excluding carboxylic acids is 1. The Balaban J connectivity index is 1.39. The van der Waals surface area contributed by atoms with Gasteiger partial charge in [-0.2, -0.15) is 0 Å². The van der Waals surface area contributed by atoms with E-state index in [0.717, 1.165) is 64.2 Å². The average molecular weight is 458 g/mol. The SMILES string of the molecule is COC(=O)CC[C@H]1CN(Cc2ccc(F)cc2)CC[C@H]1N1CCN(c2ccccc2F)CC1. The van der Waals surface area contributed by atoms with Crippen molar-refractivity contribution in [3.63, 3.8) is 0 Å². The maximum atomic E-state index is 14.2. The quantitative estimate of drug-likeness (QED) is 0.589. The van der Waals surface area contributed by atoms with Crippen LogP contribution in [0.4, 0.5) is 14.5 Å². The van der Waals surface area contributed by atoms with E-state index in [2.05, 4.69) is 14.7 Å². The fourth-order valence-electron chi connectivity index (χ4n) is 5.26. The third-order valence-electron chi connectivity index (χ3n) is 7.02. The summed E-state index contributed by atoms with van der Waals surface area (Å²) in [4.78, 5) is 18.9. The Kier molecular flexibility index (Phi) is 7.93. The van der Waals surface area contributed by atoms with E-state index >= 15 is 0 Å². The number of nitrogens with zero attached hydrogens (tertiary/aromatic N) is 3. The molecule has 2 saturated heterocycles. The number of ether oxygens (including phenoxy) is 1. The summed E-state index contributed by atoms with van der Waals surface area (Å²) in [5, 5.41) is 0. The molecule has 5 nitrogen and oxygen atoms in total. The highest BCUT2D eigenvalue weighted by Gasteiger charge is 2.35. The number of esters is 1. The topological polar surface area (TPSA) is 36.0 Å². The number of anilines is 1. The van der Waals surface area contributed by atoms with Crippen LogP contribution in [0, 0.1) is 17.6 Å². The van der Waals surface area contributed by atoms with Gasteiger partial charge in [0.05, 0.1) is 12.8 Å². The van der Waals surface area contributed by atoms with Gasteiger partial charge in [0, 0.05) is 51.7 Å². The van der Waals surface area contributed by atoms with Crippen LogP contribution in [0.3, 0.4) is 0 Å². The van der Waals surface area contributed by atoms with E-state index in [1.54, 1.807) is 6.07 Å². The predicted molar refractivity (Wildman–Crippen MR) is 125 cm³/mol. The molecule has 0 N–H and O–H groups in total. The summed E-state index contributed by atoms with van der Waals surface area (Å²) in [6.07, 6.45) is 2.22. The number of halogens is 2. The molecule has 2 atom stereocenters. The van der Waals surface area contributed by atoms with E-state index in [4.69, 9.17) is 4.74 Å². The minimum atomic E-state index is -0.220. The molecule has 0 spiro atoms. The smallest absolute Gasteiger partial charge is 0.305 e. The molecule has 2 aromatic rings. The van der Waals surface area contributed by atoms with Crippen LogP contribution in [-0.4, -0.2) is 68.2 Å². The first-order chi connectivity index (χ1) is 16.0. The second-order valence-corrected chi connectivity index (χ2v) is 9.07. The Morgan fingerprint density at radius 3 is 2.42 bits per heavy atom. The van der Waals surface area contributed by atoms with Gasteiger partial charge in [0.2, 0.25) is 0 Å². The molecule has 0 bridgehead atoms. The van der Waals surface area contributed by atoms with Gasteiger partial charge in [-0.15, -0.1) is 0 Å². The maximum absolute atomic E-state index is 14.2. The summed E-state index contributed by atoms with van der Waals surface area (Å²) in [5.74, 6) is -0.217. The van der Waals surface area contributed by atoms with Crippen molar-refractivity contribution in [2.75, 3.05) is 51.3 Å². The third-order valence-corrected chi connectivity index (χ3v) is 7.02. The van der Waals surface area contributed by atoms with Gasteiger partial charge in [-0.25, -0.2) is 8.78 Å². The molecule has 0 amide bonds. The highest BCUT2D eigenvalue weighted by molar-refractivity contribution is 5.69. The molecule has 2 aliphatic heterocycles. The van der Waals surface area contributed by atoms with Gasteiger partial charge >= 0.3 is 5.97 Å². The molecule has 0 aliphatic carbocycles. The summed E-state index contributed by atoms with van der Waals surface area (Å²) in [6, 6.07) is 14.0. The van der Waals surface area contributed by atoms with Gasteiger partial charge < -0.3 is 9.64 Å². The molecule has 0 unspecified atom stereocenters. The molecule has 178 valence electrons. The first kappa shape index (κ1) is 23.6. The molecule has 33 heavy (non-hydrogen) atoms. The Labute approximate surface area is 194 Å². The average Bonchev–Trinajstić information content (AvgIpc) is 2.84. The van der Waals surface area contributed by atoms with Crippen molar-refractivity contribution in [2.45, 2.75) is 31.8 Å². The van der Waals surface area contributed by atoms with E-state index < -0.39 is 0 Å². The fraction of sp³-hybridized carbons (Fsp3) is 0.500. The number of hydrogen-bond donors (Lipinski definition) is 0. The summed E-state index contributed by atoms with van der Waals surface area (Å²) in [7, 11) is 1.43. The fourth-order valence-corrected chi connectivity index (χ4v) is 5.26. The highest BCUT2D eigenvalue weighted by Crippen LogP contribution is 2.29. The van der Waals surface area contributed by atoms with Crippen molar-refractivity contribution < 1.29 is 18.3 Å². The van der Waals surface area contributed by atoms with Crippen LogP contribution in [0.1, 0.15) is 24.8 Å². The Bertz CT molecular complexity index is 916. The largest absolute Gasteiger partial charge is 0.469 e. The lowest BCUT2D eigenvalue weighted by molar-refractivity contribution is -0.141. The van der Waals surface area contributed by atoms with Gasteiger partial charge in [-0.3, -0.25) is 14.6 Å². The molecular weight excluding hydrogens is 424 g/mol. The number of piperazine rings is 1. The van der Waals surface area contributed by atoms with Crippen LogP contribution in [0.15, 0.2) is 48.5 Å². The Morgan fingerprint density at radius 1 is 1.00 bits per heavy atom. The van der Waals surface area contributed by atoms with E-state index in [1.807, 2.05) is 24.3 Å². The van der Waals surface area contributed by atoms with Crippen LogP contribution in [-0.2, 0) is 16.1 Å². The van der Waals surface area contributed by atoms with E-state index in [9.17, 15) is 13.6 Å². The molecule has 2 aromatic carbocycles. The Morgan fingerprint density at radius 2 is 1.73 bits per heavy atom. The molecule has 0 saturated carbocycles. The van der Waals surface area contributed by atoms with Gasteiger partial charge in [0.1, 0.15) is 11.6 Å².